The van der Waals surface area contributed by atoms with E-state index in [-0.39, 0.29) is 0 Å². The van der Waals surface area contributed by atoms with Crippen molar-refractivity contribution in [3.8, 4) is 0 Å². The normalized spacial score (nSPS) is 22.4. The van der Waals surface area contributed by atoms with Crippen LogP contribution in [-0.2, 0) is 17.7 Å². The van der Waals surface area contributed by atoms with Crippen molar-refractivity contribution in [2.45, 2.75) is 54.5 Å². The minimum atomic E-state index is -4.02. The van der Waals surface area contributed by atoms with Crippen LogP contribution in [0.1, 0.15) is 40.0 Å². The molecule has 0 aliphatic rings. The number of hydrogen-bond donors (Lipinski definition) is 3. The topological polar surface area (TPSA) is 77.8 Å². The van der Waals surface area contributed by atoms with Gasteiger partial charge in [-0.05, 0) is 0 Å². The van der Waals surface area contributed by atoms with Crippen LogP contribution >= 0.6 is 0 Å². The van der Waals surface area contributed by atoms with Gasteiger partial charge in [0.05, 0.1) is 0 Å². The Morgan fingerprint density at radius 3 is 1.21 bits per heavy atom. The fourth-order valence-electron chi connectivity index (χ4n) is 1.45. The predicted octanol–water partition coefficient (Wildman–Crippen LogP) is 0.671. The molecule has 0 bridgehead atoms. The third-order valence-electron chi connectivity index (χ3n) is 2.49. The van der Waals surface area contributed by atoms with Crippen LogP contribution in [0.25, 0.3) is 0 Å². The van der Waals surface area contributed by atoms with Gasteiger partial charge in [0.25, 0.3) is 0 Å². The zero-order chi connectivity index (χ0) is 11.4. The van der Waals surface area contributed by atoms with Crippen molar-refractivity contribution in [1.82, 2.24) is 0 Å². The number of hydrogen-bond acceptors (Lipinski definition) is 4. The molecule has 0 fully saturated rings. The van der Waals surface area contributed by atoms with Gasteiger partial charge in [0.2, 0.25) is 0 Å². The Hall–Kier alpha value is 0.264. The molecule has 0 aromatic heterocycles. The van der Waals surface area contributed by atoms with Crippen molar-refractivity contribution >= 4 is 0 Å². The molecule has 0 rings (SSSR count). The second-order valence-electron chi connectivity index (χ2n) is 3.43. The molecule has 0 aromatic rings. The summed E-state index contributed by atoms with van der Waals surface area (Å²) >= 11 is -4.02. The molecule has 3 unspecified atom stereocenters. The second-order valence-corrected chi connectivity index (χ2v) is 8.61. The van der Waals surface area contributed by atoms with Crippen molar-refractivity contribution in [1.29, 1.82) is 0 Å². The SMILES string of the molecule is CC[CH](O)[V](=[O])([CH](O)CC)[CH](O)CC. The molecule has 3 atom stereocenters. The van der Waals surface area contributed by atoms with Gasteiger partial charge in [-0.25, -0.2) is 0 Å². The molecule has 0 radical (unpaired) electrons. The quantitative estimate of drug-likeness (QED) is 0.641. The van der Waals surface area contributed by atoms with E-state index in [0.717, 1.165) is 0 Å². The molecular formula is C9H21O4V. The first kappa shape index (κ1) is 14.3. The molecule has 0 heterocycles. The molecule has 0 aliphatic heterocycles. The van der Waals surface area contributed by atoms with E-state index >= 15 is 0 Å². The third-order valence-corrected chi connectivity index (χ3v) is 8.57. The fraction of sp³-hybridized carbons (Fsp3) is 1.00. The summed E-state index contributed by atoms with van der Waals surface area (Å²) < 4.78 is 12.3. The summed E-state index contributed by atoms with van der Waals surface area (Å²) in [6.45, 7) is 5.09. The Labute approximate surface area is 87.8 Å². The van der Waals surface area contributed by atoms with Crippen LogP contribution in [0.5, 0.6) is 0 Å². The Morgan fingerprint density at radius 2 is 1.07 bits per heavy atom. The number of rotatable bonds is 6. The summed E-state index contributed by atoms with van der Waals surface area (Å²) in [7, 11) is 0. The van der Waals surface area contributed by atoms with Gasteiger partial charge < -0.3 is 0 Å². The minimum absolute atomic E-state index is 0.310. The molecule has 5 heteroatoms. The monoisotopic (exact) mass is 244 g/mol. The van der Waals surface area contributed by atoms with Crippen LogP contribution in [0.2, 0.25) is 0 Å². The number of aliphatic hydroxyl groups is 3. The van der Waals surface area contributed by atoms with Crippen LogP contribution in [0.4, 0.5) is 0 Å². The summed E-state index contributed by atoms with van der Waals surface area (Å²) in [5.41, 5.74) is 0. The maximum atomic E-state index is 12.3. The zero-order valence-electron chi connectivity index (χ0n) is 9.05. The first-order valence-corrected chi connectivity index (χ1v) is 8.07. The maximum absolute atomic E-state index is 12.3. The first-order chi connectivity index (χ1) is 6.44. The van der Waals surface area contributed by atoms with Gasteiger partial charge in [-0.3, -0.25) is 0 Å². The van der Waals surface area contributed by atoms with Gasteiger partial charge in [-0.15, -0.1) is 0 Å². The van der Waals surface area contributed by atoms with Gasteiger partial charge in [0.15, 0.2) is 0 Å². The van der Waals surface area contributed by atoms with Crippen LogP contribution < -0.4 is 0 Å². The van der Waals surface area contributed by atoms with E-state index in [4.69, 9.17) is 0 Å². The van der Waals surface area contributed by atoms with Crippen molar-refractivity contribution < 1.29 is 33.0 Å². The van der Waals surface area contributed by atoms with Crippen molar-refractivity contribution in [3.63, 3.8) is 0 Å². The van der Waals surface area contributed by atoms with Crippen molar-refractivity contribution in [2.75, 3.05) is 0 Å². The van der Waals surface area contributed by atoms with Gasteiger partial charge in [-0.2, -0.15) is 0 Å². The standard InChI is InChI=1S/3C3H7O.O.V/c3*1-2-3-4;;/h3*3-4H,2H2,1H3;;. The van der Waals surface area contributed by atoms with E-state index in [2.05, 4.69) is 0 Å². The fourth-order valence-corrected chi connectivity index (χ4v) is 5.99. The van der Waals surface area contributed by atoms with Crippen LogP contribution in [-0.4, -0.2) is 29.8 Å². The summed E-state index contributed by atoms with van der Waals surface area (Å²) in [6.07, 6.45) is 0.930. The summed E-state index contributed by atoms with van der Waals surface area (Å²) in [4.78, 5) is -3.13. The Bertz CT molecular complexity index is 174. The van der Waals surface area contributed by atoms with Gasteiger partial charge in [0.1, 0.15) is 0 Å². The predicted molar refractivity (Wildman–Crippen MR) is 49.6 cm³/mol. The van der Waals surface area contributed by atoms with Gasteiger partial charge >= 0.3 is 87.5 Å². The van der Waals surface area contributed by atoms with E-state index in [0.29, 0.717) is 19.3 Å². The average Bonchev–Trinajstić information content (AvgIpc) is 2.24. The van der Waals surface area contributed by atoms with Gasteiger partial charge in [0, 0.05) is 0 Å². The zero-order valence-corrected chi connectivity index (χ0v) is 10.4. The molecule has 3 N–H and O–H groups in total. The van der Waals surface area contributed by atoms with Crippen LogP contribution in [0.15, 0.2) is 0 Å². The molecule has 4 nitrogen and oxygen atoms in total. The number of aliphatic hydroxyl groups excluding tert-OH is 3. The molecule has 0 aromatic carbocycles. The molecule has 0 spiro atoms. The average molecular weight is 244 g/mol. The van der Waals surface area contributed by atoms with Crippen LogP contribution in [0.3, 0.4) is 0 Å². The van der Waals surface area contributed by atoms with E-state index in [1.54, 1.807) is 20.8 Å². The van der Waals surface area contributed by atoms with E-state index in [1.807, 2.05) is 0 Å². The molecule has 0 amide bonds. The molecular weight excluding hydrogens is 223 g/mol. The first-order valence-electron chi connectivity index (χ1n) is 5.08. The molecule has 0 aliphatic carbocycles. The summed E-state index contributed by atoms with van der Waals surface area (Å²) in [5.74, 6) is 0. The summed E-state index contributed by atoms with van der Waals surface area (Å²) in [5, 5.41) is 28.9. The van der Waals surface area contributed by atoms with E-state index < -0.39 is 28.4 Å². The van der Waals surface area contributed by atoms with Crippen LogP contribution in [0, 0.1) is 0 Å². The third kappa shape index (κ3) is 2.64. The molecule has 86 valence electrons. The van der Waals surface area contributed by atoms with E-state index in [1.165, 1.54) is 0 Å². The Balaban J connectivity index is 4.94. The van der Waals surface area contributed by atoms with Crippen molar-refractivity contribution in [2.24, 2.45) is 0 Å². The summed E-state index contributed by atoms with van der Waals surface area (Å²) in [6, 6.07) is 0. The second kappa shape index (κ2) is 5.98. The molecule has 0 saturated heterocycles. The van der Waals surface area contributed by atoms with Gasteiger partial charge in [-0.1, -0.05) is 0 Å². The van der Waals surface area contributed by atoms with Crippen molar-refractivity contribution in [3.05, 3.63) is 0 Å². The van der Waals surface area contributed by atoms with E-state index in [9.17, 15) is 19.0 Å². The Kier molecular flexibility index (Phi) is 6.09. The molecule has 0 saturated carbocycles. The molecule has 14 heavy (non-hydrogen) atoms. The Morgan fingerprint density at radius 1 is 0.857 bits per heavy atom.